The van der Waals surface area contributed by atoms with Crippen molar-refractivity contribution in [2.45, 2.75) is 27.3 Å². The highest BCUT2D eigenvalue weighted by Crippen LogP contribution is 2.22. The highest BCUT2D eigenvalue weighted by atomic mass is 32.1. The molecule has 0 aliphatic rings. The molecule has 0 fully saturated rings. The topological polar surface area (TPSA) is 42.0 Å². The van der Waals surface area contributed by atoms with Crippen LogP contribution in [-0.2, 0) is 6.54 Å². The largest absolute Gasteiger partial charge is 0.348 e. The molecule has 2 heterocycles. The Labute approximate surface area is 146 Å². The molecule has 24 heavy (non-hydrogen) atoms. The summed E-state index contributed by atoms with van der Waals surface area (Å²) in [6.45, 7) is 6.47. The number of rotatable bonds is 4. The predicted octanol–water partition coefficient (Wildman–Crippen LogP) is 4.67. The van der Waals surface area contributed by atoms with Crippen molar-refractivity contribution in [3.05, 3.63) is 75.2 Å². The van der Waals surface area contributed by atoms with Crippen molar-refractivity contribution in [2.75, 3.05) is 0 Å². The Morgan fingerprint density at radius 3 is 2.50 bits per heavy atom. The lowest BCUT2D eigenvalue weighted by Gasteiger charge is -2.12. The number of benzene rings is 1. The number of aryl methyl sites for hydroxylation is 3. The second kappa shape index (κ2) is 6.97. The highest BCUT2D eigenvalue weighted by Gasteiger charge is 2.12. The minimum Gasteiger partial charge on any atom is -0.348 e. The Hall–Kier alpha value is -2.46. The van der Waals surface area contributed by atoms with Crippen LogP contribution in [0.5, 0.6) is 0 Å². The van der Waals surface area contributed by atoms with Gasteiger partial charge in [0.2, 0.25) is 0 Å². The molecule has 0 aliphatic carbocycles. The summed E-state index contributed by atoms with van der Waals surface area (Å²) in [5.74, 6) is -0.0362. The van der Waals surface area contributed by atoms with Gasteiger partial charge in [-0.2, -0.15) is 11.3 Å². The average Bonchev–Trinajstić information content (AvgIpc) is 3.07. The van der Waals surface area contributed by atoms with Gasteiger partial charge in [0.05, 0.1) is 0 Å². The maximum atomic E-state index is 12.6. The first-order valence-corrected chi connectivity index (χ1v) is 8.81. The molecule has 3 rings (SSSR count). The van der Waals surface area contributed by atoms with Crippen LogP contribution in [0.2, 0.25) is 0 Å². The number of carbonyl (C=O) groups is 1. The van der Waals surface area contributed by atoms with E-state index in [0.29, 0.717) is 6.54 Å². The Morgan fingerprint density at radius 2 is 1.83 bits per heavy atom. The van der Waals surface area contributed by atoms with Crippen LogP contribution in [0.4, 0.5) is 0 Å². The second-order valence-electron chi connectivity index (χ2n) is 6.05. The number of amides is 1. The van der Waals surface area contributed by atoms with E-state index in [9.17, 15) is 4.79 Å². The summed E-state index contributed by atoms with van der Waals surface area (Å²) < 4.78 is 0. The molecule has 3 aromatic rings. The van der Waals surface area contributed by atoms with E-state index in [2.05, 4.69) is 27.8 Å². The van der Waals surface area contributed by atoms with Crippen molar-refractivity contribution in [1.82, 2.24) is 10.3 Å². The lowest BCUT2D eigenvalue weighted by molar-refractivity contribution is 0.0949. The third-order valence-electron chi connectivity index (χ3n) is 4.01. The van der Waals surface area contributed by atoms with E-state index in [4.69, 9.17) is 0 Å². The standard InChI is InChI=1S/C20H20N2OS/c1-13-6-14(2)19(15(3)7-13)20(23)22-10-16-8-18(11-21-9-16)17-4-5-24-12-17/h4-9,11-12H,10H2,1-3H3,(H,22,23). The fourth-order valence-electron chi connectivity index (χ4n) is 2.98. The third-order valence-corrected chi connectivity index (χ3v) is 4.69. The van der Waals surface area contributed by atoms with E-state index in [1.807, 2.05) is 44.5 Å². The summed E-state index contributed by atoms with van der Waals surface area (Å²) >= 11 is 1.66. The zero-order valence-corrected chi connectivity index (χ0v) is 14.9. The number of thiophene rings is 1. The number of aromatic nitrogens is 1. The van der Waals surface area contributed by atoms with Gasteiger partial charge in [-0.1, -0.05) is 17.7 Å². The maximum Gasteiger partial charge on any atom is 0.252 e. The van der Waals surface area contributed by atoms with E-state index < -0.39 is 0 Å². The Balaban J connectivity index is 1.75. The van der Waals surface area contributed by atoms with Gasteiger partial charge >= 0.3 is 0 Å². The molecule has 3 nitrogen and oxygen atoms in total. The van der Waals surface area contributed by atoms with Crippen LogP contribution in [0.1, 0.15) is 32.6 Å². The molecule has 1 amide bonds. The first-order chi connectivity index (χ1) is 11.5. The molecule has 0 unspecified atom stereocenters. The second-order valence-corrected chi connectivity index (χ2v) is 6.83. The van der Waals surface area contributed by atoms with Gasteiger partial charge in [-0.3, -0.25) is 9.78 Å². The van der Waals surface area contributed by atoms with Crippen molar-refractivity contribution in [1.29, 1.82) is 0 Å². The molecular weight excluding hydrogens is 316 g/mol. The van der Waals surface area contributed by atoms with Gasteiger partial charge in [-0.25, -0.2) is 0 Å². The van der Waals surface area contributed by atoms with Crippen LogP contribution in [-0.4, -0.2) is 10.9 Å². The van der Waals surface area contributed by atoms with E-state index >= 15 is 0 Å². The molecule has 0 saturated carbocycles. The molecule has 0 saturated heterocycles. The zero-order chi connectivity index (χ0) is 17.1. The van der Waals surface area contributed by atoms with E-state index in [1.165, 1.54) is 5.56 Å². The minimum absolute atomic E-state index is 0.0362. The molecule has 0 aliphatic heterocycles. The first-order valence-electron chi connectivity index (χ1n) is 7.87. The normalized spacial score (nSPS) is 10.6. The molecule has 1 N–H and O–H groups in total. The molecule has 4 heteroatoms. The predicted molar refractivity (Wildman–Crippen MR) is 99.4 cm³/mol. The number of hydrogen-bond donors (Lipinski definition) is 1. The zero-order valence-electron chi connectivity index (χ0n) is 14.1. The van der Waals surface area contributed by atoms with Crippen molar-refractivity contribution < 1.29 is 4.79 Å². The van der Waals surface area contributed by atoms with Gasteiger partial charge < -0.3 is 5.32 Å². The van der Waals surface area contributed by atoms with Gasteiger partial charge in [0.25, 0.3) is 5.91 Å². The molecule has 0 atom stereocenters. The third kappa shape index (κ3) is 3.54. The summed E-state index contributed by atoms with van der Waals surface area (Å²) in [5, 5.41) is 7.16. The van der Waals surface area contributed by atoms with Crippen LogP contribution in [0.15, 0.2) is 47.4 Å². The quantitative estimate of drug-likeness (QED) is 0.752. The van der Waals surface area contributed by atoms with Crippen LogP contribution < -0.4 is 5.32 Å². The van der Waals surface area contributed by atoms with Crippen molar-refractivity contribution in [3.8, 4) is 11.1 Å². The molecular formula is C20H20N2OS. The molecule has 0 spiro atoms. The molecule has 0 radical (unpaired) electrons. The highest BCUT2D eigenvalue weighted by molar-refractivity contribution is 7.08. The minimum atomic E-state index is -0.0362. The lowest BCUT2D eigenvalue weighted by Crippen LogP contribution is -2.24. The number of nitrogens with one attached hydrogen (secondary N) is 1. The van der Waals surface area contributed by atoms with Crippen LogP contribution >= 0.6 is 11.3 Å². The van der Waals surface area contributed by atoms with Gasteiger partial charge in [-0.05, 0) is 65.9 Å². The summed E-state index contributed by atoms with van der Waals surface area (Å²) in [4.78, 5) is 16.8. The summed E-state index contributed by atoms with van der Waals surface area (Å²) in [6.07, 6.45) is 3.65. The van der Waals surface area contributed by atoms with E-state index in [-0.39, 0.29) is 5.91 Å². The Kier molecular flexibility index (Phi) is 4.76. The van der Waals surface area contributed by atoms with E-state index in [1.54, 1.807) is 17.5 Å². The maximum absolute atomic E-state index is 12.6. The molecule has 122 valence electrons. The van der Waals surface area contributed by atoms with E-state index in [0.717, 1.165) is 33.4 Å². The summed E-state index contributed by atoms with van der Waals surface area (Å²) in [7, 11) is 0. The summed E-state index contributed by atoms with van der Waals surface area (Å²) in [5.41, 5.74) is 7.19. The Morgan fingerprint density at radius 1 is 1.08 bits per heavy atom. The van der Waals surface area contributed by atoms with Gasteiger partial charge in [-0.15, -0.1) is 0 Å². The SMILES string of the molecule is Cc1cc(C)c(C(=O)NCc2cncc(-c3ccsc3)c2)c(C)c1. The van der Waals surface area contributed by atoms with Crippen molar-refractivity contribution >= 4 is 17.2 Å². The van der Waals surface area contributed by atoms with Crippen LogP contribution in [0.3, 0.4) is 0 Å². The van der Waals surface area contributed by atoms with Crippen LogP contribution in [0.25, 0.3) is 11.1 Å². The summed E-state index contributed by atoms with van der Waals surface area (Å²) in [6, 6.07) is 8.23. The number of carbonyl (C=O) groups excluding carboxylic acids is 1. The lowest BCUT2D eigenvalue weighted by atomic mass is 9.99. The van der Waals surface area contributed by atoms with Crippen LogP contribution in [0, 0.1) is 20.8 Å². The average molecular weight is 336 g/mol. The van der Waals surface area contributed by atoms with Crippen molar-refractivity contribution in [3.63, 3.8) is 0 Å². The fraction of sp³-hybridized carbons (Fsp3) is 0.200. The number of nitrogens with zero attached hydrogens (tertiary/aromatic N) is 1. The molecule has 2 aromatic heterocycles. The number of pyridine rings is 1. The van der Waals surface area contributed by atoms with Gasteiger partial charge in [0.1, 0.15) is 0 Å². The molecule has 1 aromatic carbocycles. The smallest absolute Gasteiger partial charge is 0.252 e. The molecule has 0 bridgehead atoms. The van der Waals surface area contributed by atoms with Crippen molar-refractivity contribution in [2.24, 2.45) is 0 Å². The Bertz CT molecular complexity index is 846. The van der Waals surface area contributed by atoms with Gasteiger partial charge in [0.15, 0.2) is 0 Å². The first kappa shape index (κ1) is 16.4. The monoisotopic (exact) mass is 336 g/mol. The number of hydrogen-bond acceptors (Lipinski definition) is 3. The van der Waals surface area contributed by atoms with Gasteiger partial charge in [0, 0.05) is 30.1 Å². The fourth-order valence-corrected chi connectivity index (χ4v) is 3.64.